The molecule has 2 amide bonds. The van der Waals surface area contributed by atoms with E-state index < -0.39 is 5.91 Å². The van der Waals surface area contributed by atoms with E-state index in [-0.39, 0.29) is 12.5 Å². The SMILES string of the molecule is N#Cc1cccc(NCC(=O)Nc2ccc(C(N)=O)cc2)c1. The molecule has 0 saturated carbocycles. The van der Waals surface area contributed by atoms with Crippen molar-refractivity contribution in [3.8, 4) is 6.07 Å². The van der Waals surface area contributed by atoms with Crippen LogP contribution in [0, 0.1) is 11.3 Å². The number of nitriles is 1. The molecule has 0 aromatic heterocycles. The second-order valence-electron chi connectivity index (χ2n) is 4.54. The van der Waals surface area contributed by atoms with Gasteiger partial charge in [0, 0.05) is 16.9 Å². The number of hydrogen-bond acceptors (Lipinski definition) is 4. The van der Waals surface area contributed by atoms with E-state index in [0.717, 1.165) is 0 Å². The van der Waals surface area contributed by atoms with Crippen LogP contribution < -0.4 is 16.4 Å². The summed E-state index contributed by atoms with van der Waals surface area (Å²) in [6.07, 6.45) is 0. The fourth-order valence-electron chi connectivity index (χ4n) is 1.80. The molecule has 0 atom stereocenters. The lowest BCUT2D eigenvalue weighted by molar-refractivity contribution is -0.114. The second-order valence-corrected chi connectivity index (χ2v) is 4.54. The van der Waals surface area contributed by atoms with Gasteiger partial charge < -0.3 is 16.4 Å². The third-order valence-electron chi connectivity index (χ3n) is 2.90. The number of benzene rings is 2. The van der Waals surface area contributed by atoms with Crippen molar-refractivity contribution < 1.29 is 9.59 Å². The van der Waals surface area contributed by atoms with Crippen LogP contribution in [0.2, 0.25) is 0 Å². The summed E-state index contributed by atoms with van der Waals surface area (Å²) in [7, 11) is 0. The minimum atomic E-state index is -0.517. The first kappa shape index (κ1) is 15.1. The van der Waals surface area contributed by atoms with Crippen LogP contribution >= 0.6 is 0 Å². The van der Waals surface area contributed by atoms with E-state index in [9.17, 15) is 9.59 Å². The van der Waals surface area contributed by atoms with Crippen molar-refractivity contribution in [3.05, 3.63) is 59.7 Å². The normalized spacial score (nSPS) is 9.59. The minimum absolute atomic E-state index is 0.0620. The first-order chi connectivity index (χ1) is 10.6. The fourth-order valence-corrected chi connectivity index (χ4v) is 1.80. The standard InChI is InChI=1S/C16H14N4O2/c17-9-11-2-1-3-14(8-11)19-10-15(21)20-13-6-4-12(5-7-13)16(18)22/h1-8,19H,10H2,(H2,18,22)(H,20,21). The van der Waals surface area contributed by atoms with E-state index in [1.807, 2.05) is 6.07 Å². The fraction of sp³-hybridized carbons (Fsp3) is 0.0625. The number of carbonyl (C=O) groups is 2. The summed E-state index contributed by atoms with van der Waals surface area (Å²) in [4.78, 5) is 22.8. The lowest BCUT2D eigenvalue weighted by Gasteiger charge is -2.08. The lowest BCUT2D eigenvalue weighted by atomic mass is 10.2. The summed E-state index contributed by atoms with van der Waals surface area (Å²) < 4.78 is 0. The topological polar surface area (TPSA) is 108 Å². The highest BCUT2D eigenvalue weighted by Crippen LogP contribution is 2.11. The monoisotopic (exact) mass is 294 g/mol. The molecule has 0 spiro atoms. The molecule has 0 unspecified atom stereocenters. The molecule has 6 nitrogen and oxygen atoms in total. The number of nitrogens with two attached hydrogens (primary N) is 1. The van der Waals surface area contributed by atoms with Crippen LogP contribution in [0.25, 0.3) is 0 Å². The van der Waals surface area contributed by atoms with E-state index in [2.05, 4.69) is 10.6 Å². The predicted octanol–water partition coefficient (Wildman–Crippen LogP) is 1.71. The predicted molar refractivity (Wildman–Crippen MR) is 83.2 cm³/mol. The van der Waals surface area contributed by atoms with Crippen molar-refractivity contribution in [1.29, 1.82) is 5.26 Å². The molecule has 2 rings (SSSR count). The number of nitrogens with one attached hydrogen (secondary N) is 2. The van der Waals surface area contributed by atoms with Crippen LogP contribution in [0.1, 0.15) is 15.9 Å². The summed E-state index contributed by atoms with van der Waals surface area (Å²) >= 11 is 0. The summed E-state index contributed by atoms with van der Waals surface area (Å²) in [6.45, 7) is 0.0620. The Hall–Kier alpha value is -3.33. The van der Waals surface area contributed by atoms with Crippen molar-refractivity contribution in [2.45, 2.75) is 0 Å². The Bertz CT molecular complexity index is 733. The third kappa shape index (κ3) is 4.08. The van der Waals surface area contributed by atoms with Crippen molar-refractivity contribution in [1.82, 2.24) is 0 Å². The molecule has 0 aliphatic rings. The maximum Gasteiger partial charge on any atom is 0.248 e. The Labute approximate surface area is 127 Å². The molecule has 0 heterocycles. The number of amides is 2. The largest absolute Gasteiger partial charge is 0.376 e. The maximum atomic E-state index is 11.8. The summed E-state index contributed by atoms with van der Waals surface area (Å²) in [5, 5.41) is 14.4. The molecule has 0 radical (unpaired) electrons. The molecular weight excluding hydrogens is 280 g/mol. The highest BCUT2D eigenvalue weighted by molar-refractivity contribution is 5.96. The molecule has 110 valence electrons. The van der Waals surface area contributed by atoms with Crippen LogP contribution in [0.4, 0.5) is 11.4 Å². The van der Waals surface area contributed by atoms with Crippen LogP contribution in [-0.4, -0.2) is 18.4 Å². The highest BCUT2D eigenvalue weighted by atomic mass is 16.2. The Morgan fingerprint density at radius 2 is 1.82 bits per heavy atom. The van der Waals surface area contributed by atoms with E-state index in [4.69, 9.17) is 11.0 Å². The summed E-state index contributed by atoms with van der Waals surface area (Å²) in [5.74, 6) is -0.758. The van der Waals surface area contributed by atoms with E-state index in [0.29, 0.717) is 22.5 Å². The molecule has 22 heavy (non-hydrogen) atoms. The molecule has 2 aromatic carbocycles. The third-order valence-corrected chi connectivity index (χ3v) is 2.90. The van der Waals surface area contributed by atoms with Gasteiger partial charge in [0.15, 0.2) is 0 Å². The zero-order chi connectivity index (χ0) is 15.9. The van der Waals surface area contributed by atoms with Gasteiger partial charge in [0.2, 0.25) is 11.8 Å². The highest BCUT2D eigenvalue weighted by Gasteiger charge is 2.04. The number of nitrogens with zero attached hydrogens (tertiary/aromatic N) is 1. The van der Waals surface area contributed by atoms with Crippen molar-refractivity contribution in [2.24, 2.45) is 5.73 Å². The van der Waals surface area contributed by atoms with Gasteiger partial charge in [0.25, 0.3) is 0 Å². The number of rotatable bonds is 5. The number of hydrogen-bond donors (Lipinski definition) is 3. The molecular formula is C16H14N4O2. The smallest absolute Gasteiger partial charge is 0.248 e. The maximum absolute atomic E-state index is 11.8. The summed E-state index contributed by atoms with van der Waals surface area (Å²) in [6, 6.07) is 15.2. The van der Waals surface area contributed by atoms with Gasteiger partial charge in [0.1, 0.15) is 0 Å². The van der Waals surface area contributed by atoms with Gasteiger partial charge in [-0.1, -0.05) is 6.07 Å². The van der Waals surface area contributed by atoms with Gasteiger partial charge in [-0.2, -0.15) is 5.26 Å². The Morgan fingerprint density at radius 3 is 2.45 bits per heavy atom. The zero-order valence-corrected chi connectivity index (χ0v) is 11.7. The van der Waals surface area contributed by atoms with Crippen molar-refractivity contribution >= 4 is 23.2 Å². The molecule has 4 N–H and O–H groups in total. The molecule has 6 heteroatoms. The van der Waals surface area contributed by atoms with Gasteiger partial charge in [-0.05, 0) is 42.5 Å². The van der Waals surface area contributed by atoms with Gasteiger partial charge >= 0.3 is 0 Å². The van der Waals surface area contributed by atoms with E-state index in [1.54, 1.807) is 48.5 Å². The van der Waals surface area contributed by atoms with Crippen LogP contribution in [-0.2, 0) is 4.79 Å². The van der Waals surface area contributed by atoms with Crippen LogP contribution in [0.15, 0.2) is 48.5 Å². The Kier molecular flexibility index (Phi) is 4.73. The van der Waals surface area contributed by atoms with Crippen LogP contribution in [0.5, 0.6) is 0 Å². The molecule has 2 aromatic rings. The first-order valence-electron chi connectivity index (χ1n) is 6.52. The van der Waals surface area contributed by atoms with E-state index >= 15 is 0 Å². The Morgan fingerprint density at radius 1 is 1.09 bits per heavy atom. The number of anilines is 2. The van der Waals surface area contributed by atoms with Crippen molar-refractivity contribution in [2.75, 3.05) is 17.2 Å². The van der Waals surface area contributed by atoms with Gasteiger partial charge in [0.05, 0.1) is 18.2 Å². The van der Waals surface area contributed by atoms with E-state index in [1.165, 1.54) is 0 Å². The molecule has 0 aliphatic carbocycles. The average molecular weight is 294 g/mol. The average Bonchev–Trinajstić information content (AvgIpc) is 2.53. The quantitative estimate of drug-likeness (QED) is 0.780. The first-order valence-corrected chi connectivity index (χ1v) is 6.52. The number of carbonyl (C=O) groups excluding carboxylic acids is 2. The zero-order valence-electron chi connectivity index (χ0n) is 11.7. The molecule has 0 fully saturated rings. The van der Waals surface area contributed by atoms with Crippen LogP contribution in [0.3, 0.4) is 0 Å². The summed E-state index contributed by atoms with van der Waals surface area (Å²) in [5.41, 5.74) is 7.31. The van der Waals surface area contributed by atoms with Gasteiger partial charge in [-0.15, -0.1) is 0 Å². The molecule has 0 saturated heterocycles. The minimum Gasteiger partial charge on any atom is -0.376 e. The lowest BCUT2D eigenvalue weighted by Crippen LogP contribution is -2.21. The number of primary amides is 1. The van der Waals surface area contributed by atoms with Gasteiger partial charge in [-0.25, -0.2) is 0 Å². The molecule has 0 aliphatic heterocycles. The molecule has 0 bridgehead atoms. The van der Waals surface area contributed by atoms with Gasteiger partial charge in [-0.3, -0.25) is 9.59 Å². The second kappa shape index (κ2) is 6.90. The Balaban J connectivity index is 1.90. The van der Waals surface area contributed by atoms with Crippen molar-refractivity contribution in [3.63, 3.8) is 0 Å².